The second kappa shape index (κ2) is 13.8. The highest BCUT2D eigenvalue weighted by Gasteiger charge is 2.11. The van der Waals surface area contributed by atoms with Gasteiger partial charge in [0, 0.05) is 27.0 Å². The van der Waals surface area contributed by atoms with Crippen LogP contribution >= 0.6 is 15.8 Å². The van der Waals surface area contributed by atoms with Crippen molar-refractivity contribution in [2.45, 2.75) is 0 Å². The fraction of sp³-hybridized carbons (Fsp3) is 0. The summed E-state index contributed by atoms with van der Waals surface area (Å²) in [5, 5.41) is 5.08. The van der Waals surface area contributed by atoms with Gasteiger partial charge in [-0.1, -0.05) is 169 Å². The fourth-order valence-corrected chi connectivity index (χ4v) is 8.07. The zero-order valence-corrected chi connectivity index (χ0v) is 24.8. The molecule has 6 aromatic rings. The van der Waals surface area contributed by atoms with Gasteiger partial charge in [0.25, 0.3) is 0 Å². The third kappa shape index (κ3) is 6.95. The van der Waals surface area contributed by atoms with Crippen molar-refractivity contribution in [1.82, 2.24) is 0 Å². The normalized spacial score (nSPS) is 10.4. The topological polar surface area (TPSA) is 0 Å². The van der Waals surface area contributed by atoms with E-state index in [2.05, 4.69) is 193 Å². The first-order chi connectivity index (χ1) is 20.8. The summed E-state index contributed by atoms with van der Waals surface area (Å²) in [6.07, 6.45) is 0. The molecule has 0 heterocycles. The molecule has 0 nitrogen and oxygen atoms in total. The van der Waals surface area contributed by atoms with Crippen LogP contribution < -0.4 is 21.2 Å². The number of rotatable bonds is 5. The molecule has 0 radical (unpaired) electrons. The Morgan fingerprint density at radius 3 is 0.810 bits per heavy atom. The van der Waals surface area contributed by atoms with Crippen LogP contribution in [0.5, 0.6) is 0 Å². The van der Waals surface area contributed by atoms with Gasteiger partial charge in [-0.15, -0.1) is 0 Å². The van der Waals surface area contributed by atoms with Crippen LogP contribution in [-0.4, -0.2) is 0 Å². The van der Waals surface area contributed by atoms with Gasteiger partial charge in [-0.25, -0.2) is 0 Å². The van der Waals surface area contributed by atoms with Crippen molar-refractivity contribution in [3.05, 3.63) is 181 Å². The molecule has 198 valence electrons. The molecule has 6 aromatic carbocycles. The molecule has 0 aliphatic rings. The zero-order chi connectivity index (χ0) is 28.4. The average molecular weight is 571 g/mol. The van der Waals surface area contributed by atoms with Gasteiger partial charge in [0.05, 0.1) is 0 Å². The maximum atomic E-state index is 3.58. The van der Waals surface area contributed by atoms with Crippen LogP contribution in [0.15, 0.2) is 170 Å². The van der Waals surface area contributed by atoms with Crippen LogP contribution in [0.2, 0.25) is 0 Å². The molecule has 2 heteroatoms. The van der Waals surface area contributed by atoms with Gasteiger partial charge in [-0.05, 0) is 56.6 Å². The quantitative estimate of drug-likeness (QED) is 0.145. The van der Waals surface area contributed by atoms with Gasteiger partial charge >= 0.3 is 0 Å². The van der Waals surface area contributed by atoms with Gasteiger partial charge in [0.2, 0.25) is 0 Å². The molecule has 0 fully saturated rings. The van der Waals surface area contributed by atoms with Crippen LogP contribution in [0.1, 0.15) is 11.1 Å². The maximum absolute atomic E-state index is 3.58. The van der Waals surface area contributed by atoms with E-state index in [9.17, 15) is 0 Å². The van der Waals surface area contributed by atoms with E-state index in [0.717, 1.165) is 11.1 Å². The van der Waals surface area contributed by atoms with E-state index in [1.807, 2.05) is 0 Å². The van der Waals surface area contributed by atoms with E-state index in [-0.39, 0.29) is 0 Å². The first-order valence-electron chi connectivity index (χ1n) is 13.9. The zero-order valence-electron chi connectivity index (χ0n) is 23.1. The lowest BCUT2D eigenvalue weighted by atomic mass is 10.0. The van der Waals surface area contributed by atoms with Crippen molar-refractivity contribution in [1.29, 1.82) is 0 Å². The summed E-state index contributed by atoms with van der Waals surface area (Å²) >= 11 is 0. The second-order valence-electron chi connectivity index (χ2n) is 9.64. The van der Waals surface area contributed by atoms with Crippen molar-refractivity contribution in [3.8, 4) is 34.3 Å². The first kappa shape index (κ1) is 27.5. The van der Waals surface area contributed by atoms with Crippen molar-refractivity contribution in [2.24, 2.45) is 0 Å². The summed E-state index contributed by atoms with van der Waals surface area (Å²) in [6, 6.07) is 59.4. The molecule has 6 rings (SSSR count). The molecule has 0 saturated heterocycles. The standard InChI is InChI=1S/C40H28P2/c1-5-13-37(14-6-1)41(38-15-7-2-8-16-38)31-29-33-21-25-35(26-22-33)36-27-23-34(24-28-36)30-32-42(39-17-9-3-10-18-39)40-19-11-4-12-20-40/h1-28H. The minimum absolute atomic E-state index is 0.741. The van der Waals surface area contributed by atoms with Crippen LogP contribution in [0.3, 0.4) is 0 Å². The van der Waals surface area contributed by atoms with E-state index in [1.165, 1.54) is 32.3 Å². The summed E-state index contributed by atoms with van der Waals surface area (Å²) in [6.45, 7) is 0. The lowest BCUT2D eigenvalue weighted by Gasteiger charge is -2.11. The van der Waals surface area contributed by atoms with Crippen LogP contribution in [0.4, 0.5) is 0 Å². The summed E-state index contributed by atoms with van der Waals surface area (Å²) < 4.78 is 0. The van der Waals surface area contributed by atoms with Crippen molar-refractivity contribution >= 4 is 37.1 Å². The number of hydrogen-bond acceptors (Lipinski definition) is 0. The number of hydrogen-bond donors (Lipinski definition) is 0. The summed E-state index contributed by atoms with van der Waals surface area (Å²) in [7, 11) is -1.48. The molecule has 0 amide bonds. The van der Waals surface area contributed by atoms with Crippen molar-refractivity contribution in [3.63, 3.8) is 0 Å². The van der Waals surface area contributed by atoms with E-state index >= 15 is 0 Å². The molecule has 0 spiro atoms. The number of benzene rings is 6. The minimum atomic E-state index is -0.741. The lowest BCUT2D eigenvalue weighted by Crippen LogP contribution is -2.09. The monoisotopic (exact) mass is 570 g/mol. The predicted molar refractivity (Wildman–Crippen MR) is 184 cm³/mol. The smallest absolute Gasteiger partial charge is 0.0348 e. The molecular formula is C40H28P2. The molecule has 0 aromatic heterocycles. The second-order valence-corrected chi connectivity index (χ2v) is 13.5. The minimum Gasteiger partial charge on any atom is -0.0622 e. The lowest BCUT2D eigenvalue weighted by molar-refractivity contribution is 1.58. The highest BCUT2D eigenvalue weighted by molar-refractivity contribution is 7.77. The average Bonchev–Trinajstić information content (AvgIpc) is 3.08. The van der Waals surface area contributed by atoms with E-state index < -0.39 is 15.8 Å². The molecule has 42 heavy (non-hydrogen) atoms. The third-order valence-corrected chi connectivity index (χ3v) is 10.7. The highest BCUT2D eigenvalue weighted by Crippen LogP contribution is 2.33. The SMILES string of the molecule is C(#CP(c1ccccc1)c1ccccc1)c1ccc(-c2ccc(C#CP(c3ccccc3)c3ccccc3)cc2)cc1. The van der Waals surface area contributed by atoms with Crippen LogP contribution in [0.25, 0.3) is 11.1 Å². The molecule has 0 unspecified atom stereocenters. The predicted octanol–water partition coefficient (Wildman–Crippen LogP) is 8.24. The van der Waals surface area contributed by atoms with E-state index in [4.69, 9.17) is 0 Å². The first-order valence-corrected chi connectivity index (χ1v) is 16.6. The maximum Gasteiger partial charge on any atom is 0.0348 e. The molecule has 0 saturated carbocycles. The van der Waals surface area contributed by atoms with Gasteiger partial charge in [-0.3, -0.25) is 0 Å². The van der Waals surface area contributed by atoms with Crippen molar-refractivity contribution in [2.75, 3.05) is 0 Å². The Kier molecular flexibility index (Phi) is 9.01. The molecule has 0 aliphatic carbocycles. The Labute approximate surface area is 251 Å². The van der Waals surface area contributed by atoms with Crippen molar-refractivity contribution < 1.29 is 0 Å². The van der Waals surface area contributed by atoms with Gasteiger partial charge in [0.15, 0.2) is 0 Å². The third-order valence-electron chi connectivity index (χ3n) is 6.78. The summed E-state index contributed by atoms with van der Waals surface area (Å²) in [5.41, 5.74) is 11.6. The largest absolute Gasteiger partial charge is 0.0622 e. The summed E-state index contributed by atoms with van der Waals surface area (Å²) in [4.78, 5) is 0. The van der Waals surface area contributed by atoms with Gasteiger partial charge < -0.3 is 0 Å². The summed E-state index contributed by atoms with van der Waals surface area (Å²) in [5.74, 6) is 6.89. The molecule has 0 atom stereocenters. The highest BCUT2D eigenvalue weighted by atomic mass is 31.1. The van der Waals surface area contributed by atoms with Crippen LogP contribution in [0, 0.1) is 23.2 Å². The van der Waals surface area contributed by atoms with Gasteiger partial charge in [0.1, 0.15) is 0 Å². The molecule has 0 bridgehead atoms. The fourth-order valence-electron chi connectivity index (χ4n) is 4.60. The molecule has 0 aliphatic heterocycles. The van der Waals surface area contributed by atoms with Gasteiger partial charge in [-0.2, -0.15) is 0 Å². The van der Waals surface area contributed by atoms with Crippen LogP contribution in [-0.2, 0) is 0 Å². The Morgan fingerprint density at radius 2 is 0.548 bits per heavy atom. The van der Waals surface area contributed by atoms with E-state index in [1.54, 1.807) is 0 Å². The molecular weight excluding hydrogens is 542 g/mol. The van der Waals surface area contributed by atoms with E-state index in [0.29, 0.717) is 0 Å². The Hall–Kier alpha value is -4.70. The Bertz CT molecular complexity index is 1620. The Balaban J connectivity index is 1.20. The Morgan fingerprint density at radius 1 is 0.286 bits per heavy atom. The molecule has 0 N–H and O–H groups in total.